The van der Waals surface area contributed by atoms with Crippen molar-refractivity contribution in [1.29, 1.82) is 0 Å². The van der Waals surface area contributed by atoms with Crippen molar-refractivity contribution in [3.05, 3.63) is 70.7 Å². The van der Waals surface area contributed by atoms with Crippen molar-refractivity contribution in [2.75, 3.05) is 36.4 Å². The van der Waals surface area contributed by atoms with Crippen molar-refractivity contribution < 1.29 is 9.53 Å². The van der Waals surface area contributed by atoms with Gasteiger partial charge in [0.2, 0.25) is 0 Å². The summed E-state index contributed by atoms with van der Waals surface area (Å²) in [4.78, 5) is 21.9. The average molecular weight is 437 g/mol. The molecule has 1 fully saturated rings. The Morgan fingerprint density at radius 1 is 1.10 bits per heavy atom. The van der Waals surface area contributed by atoms with Crippen molar-refractivity contribution in [3.63, 3.8) is 0 Å². The first-order valence-electron chi connectivity index (χ1n) is 10.6. The largest absolute Gasteiger partial charge is 0.485 e. The Hall–Kier alpha value is -2.90. The monoisotopic (exact) mass is 436 g/mol. The number of nitrogens with one attached hydrogen (secondary N) is 1. The van der Waals surface area contributed by atoms with Gasteiger partial charge in [0.1, 0.15) is 12.4 Å². The van der Waals surface area contributed by atoms with E-state index < -0.39 is 0 Å². The van der Waals surface area contributed by atoms with Crippen LogP contribution in [0.3, 0.4) is 0 Å². The highest BCUT2D eigenvalue weighted by Gasteiger charge is 2.19. The minimum Gasteiger partial charge on any atom is -0.485 e. The van der Waals surface area contributed by atoms with E-state index in [0.29, 0.717) is 29.6 Å². The van der Waals surface area contributed by atoms with Crippen molar-refractivity contribution in [2.24, 2.45) is 0 Å². The molecule has 0 spiro atoms. The SMILES string of the molecule is CC(C)N1CCN(c2ccc(C(=O)Nc3ccccc3OCc3cscn3)cc2)CC1. The lowest BCUT2D eigenvalue weighted by molar-refractivity contribution is 0.102. The topological polar surface area (TPSA) is 57.7 Å². The number of para-hydroxylation sites is 2. The molecule has 1 aromatic heterocycles. The maximum atomic E-state index is 12.8. The lowest BCUT2D eigenvalue weighted by Crippen LogP contribution is -2.48. The van der Waals surface area contributed by atoms with Gasteiger partial charge in [-0.2, -0.15) is 0 Å². The Bertz CT molecular complexity index is 981. The van der Waals surface area contributed by atoms with Crippen LogP contribution in [0.5, 0.6) is 5.75 Å². The number of benzene rings is 2. The molecule has 4 rings (SSSR count). The predicted octanol–water partition coefficient (Wildman–Crippen LogP) is 4.50. The molecule has 0 aliphatic carbocycles. The Labute approximate surface area is 187 Å². The molecule has 7 heteroatoms. The van der Waals surface area contributed by atoms with E-state index in [0.717, 1.165) is 37.6 Å². The first-order chi connectivity index (χ1) is 15.1. The van der Waals surface area contributed by atoms with Gasteiger partial charge in [0.15, 0.2) is 0 Å². The first-order valence-corrected chi connectivity index (χ1v) is 11.5. The van der Waals surface area contributed by atoms with Crippen LogP contribution in [0.4, 0.5) is 11.4 Å². The quantitative estimate of drug-likeness (QED) is 0.591. The molecule has 3 aromatic rings. The highest BCUT2D eigenvalue weighted by molar-refractivity contribution is 7.07. The molecule has 1 amide bonds. The normalized spacial score (nSPS) is 14.6. The Kier molecular flexibility index (Phi) is 6.84. The van der Waals surface area contributed by atoms with E-state index in [1.54, 1.807) is 5.51 Å². The Morgan fingerprint density at radius 3 is 2.52 bits per heavy atom. The van der Waals surface area contributed by atoms with E-state index in [-0.39, 0.29) is 5.91 Å². The summed E-state index contributed by atoms with van der Waals surface area (Å²) >= 11 is 1.53. The van der Waals surface area contributed by atoms with Crippen LogP contribution in [-0.2, 0) is 6.61 Å². The van der Waals surface area contributed by atoms with E-state index >= 15 is 0 Å². The number of nitrogens with zero attached hydrogens (tertiary/aromatic N) is 3. The molecule has 0 saturated carbocycles. The van der Waals surface area contributed by atoms with Gasteiger partial charge in [-0.25, -0.2) is 4.98 Å². The molecular weight excluding hydrogens is 408 g/mol. The summed E-state index contributed by atoms with van der Waals surface area (Å²) in [5, 5.41) is 4.92. The van der Waals surface area contributed by atoms with Crippen LogP contribution in [0.1, 0.15) is 29.9 Å². The number of hydrogen-bond acceptors (Lipinski definition) is 6. The van der Waals surface area contributed by atoms with Gasteiger partial charge >= 0.3 is 0 Å². The van der Waals surface area contributed by atoms with Crippen LogP contribution in [-0.4, -0.2) is 48.0 Å². The Morgan fingerprint density at radius 2 is 1.84 bits per heavy atom. The highest BCUT2D eigenvalue weighted by Crippen LogP contribution is 2.26. The summed E-state index contributed by atoms with van der Waals surface area (Å²) in [5.41, 5.74) is 5.08. The molecule has 0 unspecified atom stereocenters. The molecule has 0 bridgehead atoms. The maximum Gasteiger partial charge on any atom is 0.255 e. The fourth-order valence-electron chi connectivity index (χ4n) is 3.67. The van der Waals surface area contributed by atoms with Gasteiger partial charge in [0.05, 0.1) is 16.9 Å². The third kappa shape index (κ3) is 5.42. The van der Waals surface area contributed by atoms with Gasteiger partial charge < -0.3 is 15.0 Å². The summed E-state index contributed by atoms with van der Waals surface area (Å²) in [5.74, 6) is 0.476. The lowest BCUT2D eigenvalue weighted by atomic mass is 10.1. The number of carbonyl (C=O) groups is 1. The standard InChI is InChI=1S/C24H28N4O2S/c1-18(2)27-11-13-28(14-12-27)21-9-7-19(8-10-21)24(29)26-22-5-3-4-6-23(22)30-15-20-16-31-17-25-20/h3-10,16-18H,11-15H2,1-2H3,(H,26,29). The van der Waals surface area contributed by atoms with Crippen LogP contribution >= 0.6 is 11.3 Å². The molecule has 1 aliphatic rings. The zero-order valence-electron chi connectivity index (χ0n) is 18.0. The summed E-state index contributed by atoms with van der Waals surface area (Å²) in [6.45, 7) is 9.00. The predicted molar refractivity (Wildman–Crippen MR) is 126 cm³/mol. The van der Waals surface area contributed by atoms with E-state index in [9.17, 15) is 4.79 Å². The smallest absolute Gasteiger partial charge is 0.255 e. The third-order valence-corrected chi connectivity index (χ3v) is 6.17. The summed E-state index contributed by atoms with van der Waals surface area (Å²) < 4.78 is 5.86. The van der Waals surface area contributed by atoms with Gasteiger partial charge in [-0.3, -0.25) is 9.69 Å². The van der Waals surface area contributed by atoms with Crippen molar-refractivity contribution in [2.45, 2.75) is 26.5 Å². The minimum absolute atomic E-state index is 0.152. The van der Waals surface area contributed by atoms with Crippen LogP contribution in [0.15, 0.2) is 59.4 Å². The molecule has 31 heavy (non-hydrogen) atoms. The van der Waals surface area contributed by atoms with Crippen molar-refractivity contribution in [1.82, 2.24) is 9.88 Å². The zero-order chi connectivity index (χ0) is 21.6. The van der Waals surface area contributed by atoms with Crippen molar-refractivity contribution >= 4 is 28.6 Å². The second-order valence-electron chi connectivity index (χ2n) is 7.88. The fraction of sp³-hybridized carbons (Fsp3) is 0.333. The molecule has 1 saturated heterocycles. The van der Waals surface area contributed by atoms with E-state index in [1.165, 1.54) is 11.3 Å². The first kappa shape index (κ1) is 21.3. The number of anilines is 2. The molecule has 0 atom stereocenters. The molecule has 162 valence electrons. The number of aromatic nitrogens is 1. The summed E-state index contributed by atoms with van der Waals surface area (Å²) in [6, 6.07) is 15.9. The number of amides is 1. The third-order valence-electron chi connectivity index (χ3n) is 5.53. The van der Waals surface area contributed by atoms with Crippen LogP contribution < -0.4 is 15.0 Å². The second kappa shape index (κ2) is 9.94. The van der Waals surface area contributed by atoms with E-state index in [1.807, 2.05) is 53.9 Å². The molecular formula is C24H28N4O2S. The zero-order valence-corrected chi connectivity index (χ0v) is 18.8. The average Bonchev–Trinajstić information content (AvgIpc) is 3.32. The van der Waals surface area contributed by atoms with Gasteiger partial charge in [0.25, 0.3) is 5.91 Å². The molecule has 6 nitrogen and oxygen atoms in total. The maximum absolute atomic E-state index is 12.8. The van der Waals surface area contributed by atoms with Gasteiger partial charge in [0, 0.05) is 48.9 Å². The summed E-state index contributed by atoms with van der Waals surface area (Å²) in [7, 11) is 0. The highest BCUT2D eigenvalue weighted by atomic mass is 32.1. The number of rotatable bonds is 7. The van der Waals surface area contributed by atoms with E-state index in [4.69, 9.17) is 4.74 Å². The Balaban J connectivity index is 1.37. The second-order valence-corrected chi connectivity index (χ2v) is 8.60. The van der Waals surface area contributed by atoms with Crippen molar-refractivity contribution in [3.8, 4) is 5.75 Å². The van der Waals surface area contributed by atoms with Crippen LogP contribution in [0, 0.1) is 0 Å². The van der Waals surface area contributed by atoms with E-state index in [2.05, 4.69) is 33.9 Å². The van der Waals surface area contributed by atoms with Crippen LogP contribution in [0.25, 0.3) is 0 Å². The number of carbonyl (C=O) groups excluding carboxylic acids is 1. The number of hydrogen-bond donors (Lipinski definition) is 1. The van der Waals surface area contributed by atoms with Gasteiger partial charge in [-0.1, -0.05) is 12.1 Å². The number of thiazole rings is 1. The lowest BCUT2D eigenvalue weighted by Gasteiger charge is -2.38. The molecule has 0 radical (unpaired) electrons. The van der Waals surface area contributed by atoms with Crippen LogP contribution in [0.2, 0.25) is 0 Å². The molecule has 1 aliphatic heterocycles. The number of piperazine rings is 1. The number of ether oxygens (including phenoxy) is 1. The fourth-order valence-corrected chi connectivity index (χ4v) is 4.21. The summed E-state index contributed by atoms with van der Waals surface area (Å²) in [6.07, 6.45) is 0. The van der Waals surface area contributed by atoms with Gasteiger partial charge in [-0.15, -0.1) is 11.3 Å². The molecule has 1 N–H and O–H groups in total. The molecule has 2 aromatic carbocycles. The molecule has 2 heterocycles. The minimum atomic E-state index is -0.152. The van der Waals surface area contributed by atoms with Gasteiger partial charge in [-0.05, 0) is 50.2 Å².